The van der Waals surface area contributed by atoms with E-state index in [0.717, 1.165) is 17.5 Å². The number of hydrogen-bond acceptors (Lipinski definition) is 6. The van der Waals surface area contributed by atoms with Crippen LogP contribution in [0.3, 0.4) is 0 Å². The Balaban J connectivity index is 1.11. The zero-order valence-electron chi connectivity index (χ0n) is 25.9. The molecule has 8 rings (SSSR count). The van der Waals surface area contributed by atoms with E-state index in [2.05, 4.69) is 46.6 Å². The minimum atomic E-state index is -2.03. The highest BCUT2D eigenvalue weighted by Gasteiger charge is 2.71. The number of hydrogen-bond donors (Lipinski definition) is 3. The van der Waals surface area contributed by atoms with Gasteiger partial charge in [-0.3, -0.25) is 24.0 Å². The Bertz CT molecular complexity index is 1680. The van der Waals surface area contributed by atoms with E-state index in [9.17, 15) is 19.5 Å². The molecule has 2 aromatic carbocycles. The third kappa shape index (κ3) is 4.22. The van der Waals surface area contributed by atoms with E-state index in [1.165, 1.54) is 21.4 Å². The number of fused-ring (bicyclic) bond motifs is 5. The molecule has 0 saturated carbocycles. The van der Waals surface area contributed by atoms with Crippen molar-refractivity contribution >= 4 is 28.6 Å². The number of H-pyrrole nitrogens is 1. The topological polar surface area (TPSA) is 118 Å². The van der Waals surface area contributed by atoms with Crippen molar-refractivity contribution in [2.75, 3.05) is 20.1 Å². The molecule has 4 saturated heterocycles. The second kappa shape index (κ2) is 10.4. The maximum absolute atomic E-state index is 14.6. The predicted octanol–water partition coefficient (Wildman–Crippen LogP) is 2.86. The molecule has 5 heterocycles. The molecule has 0 unspecified atom stereocenters. The van der Waals surface area contributed by atoms with Gasteiger partial charge in [0.1, 0.15) is 12.1 Å². The molecule has 10 nitrogen and oxygen atoms in total. The lowest BCUT2D eigenvalue weighted by Gasteiger charge is -2.48. The number of piperazine rings is 1. The monoisotopic (exact) mass is 611 g/mol. The van der Waals surface area contributed by atoms with E-state index >= 15 is 0 Å². The molecule has 45 heavy (non-hydrogen) atoms. The second-order valence-electron chi connectivity index (χ2n) is 13.7. The number of likely N-dealkylation sites (N-methyl/N-ethyl adjacent to an activating group) is 1. The van der Waals surface area contributed by atoms with Gasteiger partial charge in [-0.05, 0) is 55.5 Å². The number of amides is 3. The summed E-state index contributed by atoms with van der Waals surface area (Å²) in [7, 11) is 2.07. The van der Waals surface area contributed by atoms with E-state index in [1.807, 2.05) is 37.3 Å². The molecule has 7 atom stereocenters. The fourth-order valence-electron chi connectivity index (χ4n) is 9.11. The summed E-state index contributed by atoms with van der Waals surface area (Å²) in [5, 5.41) is 16.6. The Kier molecular flexibility index (Phi) is 6.64. The molecule has 3 amide bonds. The van der Waals surface area contributed by atoms with Gasteiger partial charge in [0.15, 0.2) is 0 Å². The van der Waals surface area contributed by atoms with Crippen LogP contribution in [0, 0.1) is 5.92 Å². The van der Waals surface area contributed by atoms with Gasteiger partial charge in [-0.1, -0.05) is 55.8 Å². The lowest BCUT2D eigenvalue weighted by atomic mass is 9.72. The molecule has 3 aromatic rings. The van der Waals surface area contributed by atoms with E-state index < -0.39 is 29.6 Å². The molecule has 1 aromatic heterocycles. The van der Waals surface area contributed by atoms with Crippen molar-refractivity contribution < 1.29 is 24.2 Å². The second-order valence-corrected chi connectivity index (χ2v) is 13.7. The SMILES string of the molecule is CCC[C@@]1(NC(=O)[C@@H]2C[C@@H]3c4cccc5[nH]cc(c45)C[C@H]3N(C)C2)O[C@@]2(O)[C@@H]3CCCN3C(=O)[C@H](Cc3ccccc3)N2C1=O. The number of rotatable bonds is 6. The number of nitrogens with zero attached hydrogens (tertiary/aromatic N) is 3. The van der Waals surface area contributed by atoms with Gasteiger partial charge in [0.25, 0.3) is 11.8 Å². The minimum Gasteiger partial charge on any atom is -0.361 e. The first-order valence-corrected chi connectivity index (χ1v) is 16.5. The summed E-state index contributed by atoms with van der Waals surface area (Å²) < 4.78 is 6.49. The highest BCUT2D eigenvalue weighted by atomic mass is 16.7. The van der Waals surface area contributed by atoms with Crippen molar-refractivity contribution in [1.29, 1.82) is 0 Å². The quantitative estimate of drug-likeness (QED) is 0.395. The molecule has 4 fully saturated rings. The van der Waals surface area contributed by atoms with E-state index in [4.69, 9.17) is 4.74 Å². The van der Waals surface area contributed by atoms with Gasteiger partial charge in [0, 0.05) is 55.0 Å². The molecule has 4 aliphatic heterocycles. The molecule has 0 bridgehead atoms. The molecule has 236 valence electrons. The third-order valence-electron chi connectivity index (χ3n) is 11.1. The number of ether oxygens (including phenoxy) is 1. The summed E-state index contributed by atoms with van der Waals surface area (Å²) in [4.78, 5) is 51.3. The number of aliphatic hydroxyl groups is 1. The van der Waals surface area contributed by atoms with Crippen LogP contribution >= 0.6 is 0 Å². The highest BCUT2D eigenvalue weighted by molar-refractivity contribution is 5.97. The lowest BCUT2D eigenvalue weighted by molar-refractivity contribution is -0.317. The van der Waals surface area contributed by atoms with E-state index in [0.29, 0.717) is 38.8 Å². The van der Waals surface area contributed by atoms with E-state index in [1.54, 1.807) is 4.90 Å². The lowest BCUT2D eigenvalue weighted by Crippen LogP contribution is -2.71. The molecule has 3 N–H and O–H groups in total. The number of benzene rings is 2. The number of carbonyl (C=O) groups excluding carboxylic acids is 3. The highest BCUT2D eigenvalue weighted by Crippen LogP contribution is 2.48. The fraction of sp³-hybridized carbons (Fsp3) is 0.514. The zero-order valence-corrected chi connectivity index (χ0v) is 25.9. The standard InChI is InChI=1S/C35H41N5O5/c1-3-14-34(37-31(41)23-17-25-24-11-7-12-26-30(24)22(19-36-26)18-27(25)38(2)20-23)33(43)40-28(16-21-9-5-4-6-10-21)32(42)39-15-8-13-29(39)35(40,44)45-34/h4-7,9-12,19,23,25,27-29,36,44H,3,8,13-18,20H2,1-2H3,(H,37,41)/t23-,25-,27-,28+,29+,34-,35+/m1/s1. The maximum atomic E-state index is 14.6. The van der Waals surface area contributed by atoms with Crippen molar-refractivity contribution in [3.8, 4) is 0 Å². The summed E-state index contributed by atoms with van der Waals surface area (Å²) in [6.07, 6.45) is 5.89. The van der Waals surface area contributed by atoms with Crippen LogP contribution in [0.2, 0.25) is 0 Å². The van der Waals surface area contributed by atoms with E-state index in [-0.39, 0.29) is 42.5 Å². The summed E-state index contributed by atoms with van der Waals surface area (Å²) in [5.74, 6) is -3.22. The normalized spacial score (nSPS) is 34.2. The van der Waals surface area contributed by atoms with Crippen molar-refractivity contribution in [2.45, 2.75) is 87.5 Å². The summed E-state index contributed by atoms with van der Waals surface area (Å²) in [5.41, 5.74) is 2.82. The third-order valence-corrected chi connectivity index (χ3v) is 11.1. The zero-order chi connectivity index (χ0) is 31.1. The average molecular weight is 612 g/mol. The summed E-state index contributed by atoms with van der Waals surface area (Å²) in [6.45, 7) is 2.98. The molecule has 0 radical (unpaired) electrons. The Morgan fingerprint density at radius 3 is 2.78 bits per heavy atom. The number of likely N-dealkylation sites (tertiary alicyclic amines) is 1. The van der Waals surface area contributed by atoms with Gasteiger partial charge >= 0.3 is 0 Å². The first-order chi connectivity index (χ1) is 21.7. The molecular formula is C35H41N5O5. The maximum Gasteiger partial charge on any atom is 0.281 e. The van der Waals surface area contributed by atoms with Gasteiger partial charge in [-0.2, -0.15) is 0 Å². The Morgan fingerprint density at radius 2 is 1.98 bits per heavy atom. The van der Waals surface area contributed by atoms with Crippen LogP contribution in [0.1, 0.15) is 61.6 Å². The van der Waals surface area contributed by atoms with Gasteiger partial charge in [0.05, 0.1) is 5.92 Å². The van der Waals surface area contributed by atoms with Gasteiger partial charge in [-0.25, -0.2) is 0 Å². The van der Waals surface area contributed by atoms with Gasteiger partial charge < -0.3 is 25.2 Å². The Hall–Kier alpha value is -3.73. The molecular weight excluding hydrogens is 570 g/mol. The first kappa shape index (κ1) is 28.7. The van der Waals surface area contributed by atoms with Crippen LogP contribution in [0.5, 0.6) is 0 Å². The molecule has 0 spiro atoms. The number of piperidine rings is 1. The van der Waals surface area contributed by atoms with Crippen molar-refractivity contribution in [1.82, 2.24) is 25.0 Å². The number of aromatic amines is 1. The van der Waals surface area contributed by atoms with Crippen LogP contribution in [0.15, 0.2) is 54.7 Å². The largest absolute Gasteiger partial charge is 0.361 e. The number of carbonyl (C=O) groups is 3. The van der Waals surface area contributed by atoms with Crippen LogP contribution in [0.25, 0.3) is 10.9 Å². The fourth-order valence-corrected chi connectivity index (χ4v) is 9.11. The van der Waals surface area contributed by atoms with Crippen molar-refractivity contribution in [3.63, 3.8) is 0 Å². The minimum absolute atomic E-state index is 0.171. The Morgan fingerprint density at radius 1 is 1.16 bits per heavy atom. The van der Waals surface area contributed by atoms with Crippen molar-refractivity contribution in [3.05, 3.63) is 71.4 Å². The van der Waals surface area contributed by atoms with Crippen molar-refractivity contribution in [2.24, 2.45) is 5.92 Å². The molecule has 1 aliphatic carbocycles. The molecule has 10 heteroatoms. The van der Waals surface area contributed by atoms with Crippen LogP contribution < -0.4 is 5.32 Å². The summed E-state index contributed by atoms with van der Waals surface area (Å²) in [6, 6.07) is 14.5. The smallest absolute Gasteiger partial charge is 0.281 e. The number of nitrogens with one attached hydrogen (secondary N) is 2. The Labute approximate surface area is 262 Å². The van der Waals surface area contributed by atoms with Crippen LogP contribution in [-0.2, 0) is 32.0 Å². The van der Waals surface area contributed by atoms with Gasteiger partial charge in [0.2, 0.25) is 17.5 Å². The number of aromatic nitrogens is 1. The summed E-state index contributed by atoms with van der Waals surface area (Å²) >= 11 is 0. The van der Waals surface area contributed by atoms with Crippen LogP contribution in [0.4, 0.5) is 0 Å². The molecule has 5 aliphatic rings. The predicted molar refractivity (Wildman–Crippen MR) is 167 cm³/mol. The first-order valence-electron chi connectivity index (χ1n) is 16.5. The average Bonchev–Trinajstić information content (AvgIpc) is 3.74. The van der Waals surface area contributed by atoms with Gasteiger partial charge in [-0.15, -0.1) is 0 Å². The van der Waals surface area contributed by atoms with Crippen LogP contribution in [-0.4, -0.2) is 92.4 Å².